The Labute approximate surface area is 189 Å². The topological polar surface area (TPSA) is 54.9 Å². The first-order valence-electron chi connectivity index (χ1n) is 9.61. The molecule has 0 atom stereocenters. The zero-order valence-corrected chi connectivity index (χ0v) is 17.9. The Bertz CT molecular complexity index is 1080. The average molecular weight is 485 g/mol. The Morgan fingerprint density at radius 1 is 0.879 bits per heavy atom. The Kier molecular flexibility index (Phi) is 7.31. The van der Waals surface area contributed by atoms with Crippen molar-refractivity contribution >= 4 is 23.4 Å². The number of nitrogens with one attached hydrogen (secondary N) is 1. The second-order valence-corrected chi connectivity index (χ2v) is 7.93. The second kappa shape index (κ2) is 9.82. The fourth-order valence-electron chi connectivity index (χ4n) is 2.83. The molecule has 0 bridgehead atoms. The summed E-state index contributed by atoms with van der Waals surface area (Å²) >= 11 is 0.947. The highest BCUT2D eigenvalue weighted by atomic mass is 32.2. The molecule has 0 aliphatic rings. The predicted molar refractivity (Wildman–Crippen MR) is 113 cm³/mol. The molecule has 0 spiro atoms. The van der Waals surface area contributed by atoms with Crippen molar-refractivity contribution in [3.63, 3.8) is 0 Å². The second-order valence-electron chi connectivity index (χ2n) is 6.94. The van der Waals surface area contributed by atoms with Crippen LogP contribution < -0.4 is 5.32 Å². The van der Waals surface area contributed by atoms with Gasteiger partial charge in [-0.3, -0.25) is 4.79 Å². The van der Waals surface area contributed by atoms with E-state index in [0.29, 0.717) is 22.9 Å². The lowest BCUT2D eigenvalue weighted by molar-refractivity contribution is -0.143. The van der Waals surface area contributed by atoms with Crippen LogP contribution in [-0.2, 0) is 23.6 Å². The molecule has 1 amide bonds. The van der Waals surface area contributed by atoms with Gasteiger partial charge in [0, 0.05) is 11.3 Å². The fourth-order valence-corrected chi connectivity index (χ4v) is 3.44. The van der Waals surface area contributed by atoms with Crippen LogP contribution >= 0.6 is 11.8 Å². The molecule has 4 nitrogen and oxygen atoms in total. The number of thioether (sulfide) groups is 1. The molecule has 1 N–H and O–H groups in total. The van der Waals surface area contributed by atoms with E-state index in [-0.39, 0.29) is 11.8 Å². The Hall–Kier alpha value is -3.08. The van der Waals surface area contributed by atoms with Crippen LogP contribution in [0.3, 0.4) is 0 Å². The number of hydrogen-bond acceptors (Lipinski definition) is 4. The molecule has 0 fully saturated rings. The molecule has 174 valence electrons. The minimum atomic E-state index is -5.00. The molecule has 0 aliphatic carbocycles. The third-order valence-electron chi connectivity index (χ3n) is 4.52. The summed E-state index contributed by atoms with van der Waals surface area (Å²) in [6.45, 7) is 2.04. The van der Waals surface area contributed by atoms with E-state index in [4.69, 9.17) is 0 Å². The van der Waals surface area contributed by atoms with Crippen molar-refractivity contribution in [2.24, 2.45) is 0 Å². The van der Waals surface area contributed by atoms with E-state index in [0.717, 1.165) is 23.7 Å². The van der Waals surface area contributed by atoms with Gasteiger partial charge in [-0.1, -0.05) is 43.0 Å². The SMILES string of the molecule is CCc1ccc(-c2ccc(SCC(=O)Nc3cc(C(F)(F)F)cc(C(F)(F)F)c3)nn2)cc1. The van der Waals surface area contributed by atoms with Gasteiger partial charge in [0.05, 0.1) is 22.6 Å². The molecule has 0 saturated carbocycles. The lowest BCUT2D eigenvalue weighted by atomic mass is 10.1. The quantitative estimate of drug-likeness (QED) is 0.321. The number of nitrogens with zero attached hydrogens (tertiary/aromatic N) is 2. The van der Waals surface area contributed by atoms with Gasteiger partial charge in [0.2, 0.25) is 5.91 Å². The highest BCUT2D eigenvalue weighted by molar-refractivity contribution is 7.99. The number of amides is 1. The van der Waals surface area contributed by atoms with E-state index in [1.165, 1.54) is 5.56 Å². The first kappa shape index (κ1) is 24.6. The standard InChI is InChI=1S/C22H17F6N3OS/c1-2-13-3-5-14(6-4-13)18-7-8-20(31-30-18)33-12-19(32)29-17-10-15(21(23,24)25)9-16(11-17)22(26,27)28/h3-11H,2,12H2,1H3,(H,29,32). The molecule has 1 aromatic heterocycles. The van der Waals surface area contributed by atoms with E-state index >= 15 is 0 Å². The summed E-state index contributed by atoms with van der Waals surface area (Å²) in [5.74, 6) is -1.06. The highest BCUT2D eigenvalue weighted by Gasteiger charge is 2.37. The highest BCUT2D eigenvalue weighted by Crippen LogP contribution is 2.37. The van der Waals surface area contributed by atoms with Gasteiger partial charge in [0.1, 0.15) is 5.03 Å². The van der Waals surface area contributed by atoms with Crippen molar-refractivity contribution in [1.82, 2.24) is 10.2 Å². The van der Waals surface area contributed by atoms with Crippen LogP contribution in [0.15, 0.2) is 59.6 Å². The molecule has 3 rings (SSSR count). The van der Waals surface area contributed by atoms with Gasteiger partial charge >= 0.3 is 12.4 Å². The number of carbonyl (C=O) groups is 1. The summed E-state index contributed by atoms with van der Waals surface area (Å²) in [4.78, 5) is 12.1. The first-order valence-corrected chi connectivity index (χ1v) is 10.6. The van der Waals surface area contributed by atoms with Crippen molar-refractivity contribution < 1.29 is 31.1 Å². The zero-order valence-electron chi connectivity index (χ0n) is 17.1. The van der Waals surface area contributed by atoms with Crippen molar-refractivity contribution in [1.29, 1.82) is 0 Å². The summed E-state index contributed by atoms with van der Waals surface area (Å²) in [6.07, 6.45) is -9.09. The Balaban J connectivity index is 1.65. The molecular formula is C22H17F6N3OS. The number of carbonyl (C=O) groups excluding carboxylic acids is 1. The average Bonchev–Trinajstić information content (AvgIpc) is 2.77. The fraction of sp³-hybridized carbons (Fsp3) is 0.227. The van der Waals surface area contributed by atoms with Gasteiger partial charge in [-0.05, 0) is 42.3 Å². The lowest BCUT2D eigenvalue weighted by Gasteiger charge is -2.14. The molecule has 0 aliphatic heterocycles. The van der Waals surface area contributed by atoms with Crippen LogP contribution in [0, 0.1) is 0 Å². The number of aryl methyl sites for hydroxylation is 1. The number of alkyl halides is 6. The first-order chi connectivity index (χ1) is 15.5. The minimum absolute atomic E-state index is 0.00264. The van der Waals surface area contributed by atoms with Crippen molar-refractivity contribution in [2.75, 3.05) is 11.1 Å². The van der Waals surface area contributed by atoms with Gasteiger partial charge in [-0.15, -0.1) is 10.2 Å². The van der Waals surface area contributed by atoms with Crippen molar-refractivity contribution in [2.45, 2.75) is 30.7 Å². The summed E-state index contributed by atoms with van der Waals surface area (Å²) in [5.41, 5.74) is -0.954. The summed E-state index contributed by atoms with van der Waals surface area (Å²) < 4.78 is 77.6. The summed E-state index contributed by atoms with van der Waals surface area (Å²) in [7, 11) is 0. The lowest BCUT2D eigenvalue weighted by Crippen LogP contribution is -2.17. The minimum Gasteiger partial charge on any atom is -0.325 e. The van der Waals surface area contributed by atoms with E-state index < -0.39 is 35.1 Å². The summed E-state index contributed by atoms with van der Waals surface area (Å²) in [6, 6.07) is 12.0. The number of halogens is 6. The Morgan fingerprint density at radius 2 is 1.48 bits per heavy atom. The number of rotatable bonds is 6. The monoisotopic (exact) mass is 485 g/mol. The van der Waals surface area contributed by atoms with Gasteiger partial charge < -0.3 is 5.32 Å². The summed E-state index contributed by atoms with van der Waals surface area (Å²) in [5, 5.41) is 10.5. The zero-order chi connectivity index (χ0) is 24.2. The third kappa shape index (κ3) is 6.70. The van der Waals surface area contributed by atoms with E-state index in [9.17, 15) is 31.1 Å². The largest absolute Gasteiger partial charge is 0.416 e. The van der Waals surface area contributed by atoms with Gasteiger partial charge in [0.15, 0.2) is 0 Å². The number of benzene rings is 2. The van der Waals surface area contributed by atoms with Crippen LogP contribution in [0.25, 0.3) is 11.3 Å². The molecule has 0 saturated heterocycles. The molecule has 3 aromatic rings. The van der Waals surface area contributed by atoms with Crippen LogP contribution in [-0.4, -0.2) is 21.9 Å². The molecule has 0 unspecified atom stereocenters. The van der Waals surface area contributed by atoms with Crippen LogP contribution in [0.4, 0.5) is 32.0 Å². The third-order valence-corrected chi connectivity index (χ3v) is 5.44. The van der Waals surface area contributed by atoms with Gasteiger partial charge in [-0.2, -0.15) is 26.3 Å². The van der Waals surface area contributed by atoms with E-state index in [1.807, 2.05) is 31.2 Å². The molecule has 0 radical (unpaired) electrons. The maximum Gasteiger partial charge on any atom is 0.416 e. The maximum atomic E-state index is 12.9. The van der Waals surface area contributed by atoms with E-state index in [2.05, 4.69) is 15.5 Å². The van der Waals surface area contributed by atoms with E-state index in [1.54, 1.807) is 12.1 Å². The number of aromatic nitrogens is 2. The maximum absolute atomic E-state index is 12.9. The van der Waals surface area contributed by atoms with Crippen molar-refractivity contribution in [3.8, 4) is 11.3 Å². The molecule has 11 heteroatoms. The van der Waals surface area contributed by atoms with Crippen LogP contribution in [0.2, 0.25) is 0 Å². The van der Waals surface area contributed by atoms with Gasteiger partial charge in [-0.25, -0.2) is 0 Å². The Morgan fingerprint density at radius 3 is 1.97 bits per heavy atom. The van der Waals surface area contributed by atoms with Crippen LogP contribution in [0.5, 0.6) is 0 Å². The van der Waals surface area contributed by atoms with Crippen molar-refractivity contribution in [3.05, 3.63) is 71.3 Å². The predicted octanol–water partition coefficient (Wildman–Crippen LogP) is 6.47. The smallest absolute Gasteiger partial charge is 0.325 e. The number of hydrogen-bond donors (Lipinski definition) is 1. The van der Waals surface area contributed by atoms with Gasteiger partial charge in [0.25, 0.3) is 0 Å². The molecule has 33 heavy (non-hydrogen) atoms. The van der Waals surface area contributed by atoms with Crippen LogP contribution in [0.1, 0.15) is 23.6 Å². The number of anilines is 1. The molecule has 1 heterocycles. The molecule has 2 aromatic carbocycles. The molecular weight excluding hydrogens is 468 g/mol. The normalized spacial score (nSPS) is 12.0.